The Bertz CT molecular complexity index is 259. The molecular weight excluding hydrogens is 184 g/mol. The molecule has 14 heavy (non-hydrogen) atoms. The molecule has 0 spiro atoms. The van der Waals surface area contributed by atoms with Gasteiger partial charge in [0, 0.05) is 13.0 Å². The molecule has 1 aliphatic rings. The maximum atomic E-state index is 11.0. The normalized spacial score (nSPS) is 47.8. The molecule has 2 unspecified atom stereocenters. The van der Waals surface area contributed by atoms with Gasteiger partial charge < -0.3 is 14.6 Å². The summed E-state index contributed by atoms with van der Waals surface area (Å²) in [6.07, 6.45) is -1.71. The van der Waals surface area contributed by atoms with Crippen molar-refractivity contribution in [2.75, 3.05) is 7.06 Å². The Balaban J connectivity index is 2.77. The van der Waals surface area contributed by atoms with Crippen molar-refractivity contribution in [1.29, 1.82) is 0 Å². The molecule has 0 aliphatic carbocycles. The van der Waals surface area contributed by atoms with Crippen molar-refractivity contribution < 1.29 is 22.1 Å². The summed E-state index contributed by atoms with van der Waals surface area (Å²) in [6.45, 7) is 5.65. The summed E-state index contributed by atoms with van der Waals surface area (Å²) in [4.78, 5) is 11.0. The predicted octanol–water partition coefficient (Wildman–Crippen LogP) is 1.35. The molecule has 1 fully saturated rings. The summed E-state index contributed by atoms with van der Waals surface area (Å²) >= 11 is 0. The third-order valence-electron chi connectivity index (χ3n) is 3.22. The highest BCUT2D eigenvalue weighted by molar-refractivity contribution is 5.72. The lowest BCUT2D eigenvalue weighted by Gasteiger charge is -2.41. The van der Waals surface area contributed by atoms with Crippen molar-refractivity contribution in [3.8, 4) is 0 Å². The van der Waals surface area contributed by atoms with Crippen molar-refractivity contribution in [3.63, 3.8) is 0 Å². The minimum Gasteiger partial charge on any atom is -0.479 e. The Kier molecular flexibility index (Phi) is 2.65. The van der Waals surface area contributed by atoms with Gasteiger partial charge in [-0.05, 0) is 11.8 Å². The van der Waals surface area contributed by atoms with Crippen LogP contribution >= 0.6 is 0 Å². The number of hydrogen-bond donors (Lipinski definition) is 1. The van der Waals surface area contributed by atoms with E-state index in [2.05, 4.69) is 0 Å². The number of methoxy groups -OCH3 is 1. The van der Waals surface area contributed by atoms with Gasteiger partial charge in [-0.25, -0.2) is 4.79 Å². The van der Waals surface area contributed by atoms with Crippen LogP contribution in [0.2, 0.25) is 0 Å². The second kappa shape index (κ2) is 4.28. The summed E-state index contributed by atoms with van der Waals surface area (Å²) in [6, 6.07) is 0. The molecule has 6 atom stereocenters. The van der Waals surface area contributed by atoms with Gasteiger partial charge in [0.25, 0.3) is 0 Å². The molecule has 0 amide bonds. The van der Waals surface area contributed by atoms with Gasteiger partial charge in [0.15, 0.2) is 12.4 Å². The molecule has 0 aromatic rings. The van der Waals surface area contributed by atoms with Crippen molar-refractivity contribution in [2.45, 2.75) is 33.2 Å². The molecule has 4 heteroatoms. The highest BCUT2D eigenvalue weighted by Gasteiger charge is 2.42. The summed E-state index contributed by atoms with van der Waals surface area (Å²) < 4.78 is 24.3. The van der Waals surface area contributed by atoms with E-state index in [1.54, 1.807) is 0 Å². The molecule has 1 N–H and O–H groups in total. The molecule has 1 rings (SSSR count). The summed E-state index contributed by atoms with van der Waals surface area (Å²) in [7, 11) is -1.46. The van der Waals surface area contributed by atoms with Crippen LogP contribution in [0.15, 0.2) is 0 Å². The van der Waals surface area contributed by atoms with Crippen molar-refractivity contribution in [1.82, 2.24) is 0 Å². The molecule has 0 aromatic heterocycles. The first-order chi connectivity index (χ1) is 7.34. The summed E-state index contributed by atoms with van der Waals surface area (Å²) in [5, 5.41) is 8.99. The van der Waals surface area contributed by atoms with Crippen LogP contribution < -0.4 is 0 Å². The van der Waals surface area contributed by atoms with Crippen molar-refractivity contribution >= 4 is 5.97 Å². The van der Waals surface area contributed by atoms with Crippen LogP contribution in [0.4, 0.5) is 0 Å². The Morgan fingerprint density at radius 2 is 2.14 bits per heavy atom. The van der Waals surface area contributed by atoms with E-state index in [0.717, 1.165) is 0 Å². The molecule has 0 radical (unpaired) electrons. The van der Waals surface area contributed by atoms with Crippen molar-refractivity contribution in [3.05, 3.63) is 0 Å². The van der Waals surface area contributed by atoms with E-state index in [0.29, 0.717) is 0 Å². The lowest BCUT2D eigenvalue weighted by atomic mass is 9.79. The highest BCUT2D eigenvalue weighted by atomic mass is 16.7. The Morgan fingerprint density at radius 1 is 1.50 bits per heavy atom. The first-order valence-electron chi connectivity index (χ1n) is 5.88. The molecule has 0 bridgehead atoms. The van der Waals surface area contributed by atoms with E-state index in [9.17, 15) is 4.79 Å². The Hall–Kier alpha value is -0.610. The first kappa shape index (κ1) is 8.68. The molecule has 4 nitrogen and oxygen atoms in total. The molecule has 0 saturated carbocycles. The Labute approximate surface area is 87.0 Å². The standard InChI is InChI=1S/C10H18O4/c1-5-6(2)8(9(11)12)14-10(13-4)7(5)3/h5-8,10H,1-4H3,(H,11,12)/t5-,6-,7-,8-,10?/m1/s1/i4TD/t4?,5-,6-,7-,8-,10?. The maximum absolute atomic E-state index is 11.0. The predicted molar refractivity (Wildman–Crippen MR) is 50.8 cm³/mol. The van der Waals surface area contributed by atoms with Crippen LogP contribution in [-0.2, 0) is 14.3 Å². The second-order valence-corrected chi connectivity index (χ2v) is 3.98. The Morgan fingerprint density at radius 3 is 2.64 bits per heavy atom. The largest absolute Gasteiger partial charge is 0.479 e. The molecule has 1 aliphatic heterocycles. The molecule has 0 aromatic carbocycles. The summed E-state index contributed by atoms with van der Waals surface area (Å²) in [5.74, 6) is -1.05. The third-order valence-corrected chi connectivity index (χ3v) is 3.22. The van der Waals surface area contributed by atoms with Gasteiger partial charge in [0.2, 0.25) is 0 Å². The number of rotatable bonds is 2. The third kappa shape index (κ3) is 1.91. The van der Waals surface area contributed by atoms with E-state index >= 15 is 0 Å². The van der Waals surface area contributed by atoms with Gasteiger partial charge in [0.1, 0.15) is 0 Å². The number of carbonyl (C=O) groups is 1. The van der Waals surface area contributed by atoms with Crippen LogP contribution in [0.25, 0.3) is 0 Å². The first-order valence-corrected chi connectivity index (χ1v) is 4.72. The van der Waals surface area contributed by atoms with Gasteiger partial charge in [-0.1, -0.05) is 20.8 Å². The average Bonchev–Trinajstić information content (AvgIpc) is 2.18. The second-order valence-electron chi connectivity index (χ2n) is 3.98. The van der Waals surface area contributed by atoms with E-state index in [4.69, 9.17) is 17.3 Å². The van der Waals surface area contributed by atoms with Gasteiger partial charge in [-0.2, -0.15) is 0 Å². The van der Waals surface area contributed by atoms with Crippen LogP contribution in [0, 0.1) is 17.8 Å². The van der Waals surface area contributed by atoms with E-state index in [-0.39, 0.29) is 17.8 Å². The zero-order valence-electron chi connectivity index (χ0n) is 10.6. The smallest absolute Gasteiger partial charge is 0.333 e. The van der Waals surface area contributed by atoms with Crippen LogP contribution in [0.5, 0.6) is 0 Å². The number of aliphatic carboxylic acids is 1. The fraction of sp³-hybridized carbons (Fsp3) is 0.900. The fourth-order valence-corrected chi connectivity index (χ4v) is 1.83. The average molecular weight is 205 g/mol. The fourth-order valence-electron chi connectivity index (χ4n) is 1.83. The number of hydrogen-bond acceptors (Lipinski definition) is 3. The number of carboxylic acid groups (broad SMARTS) is 1. The van der Waals surface area contributed by atoms with Gasteiger partial charge in [-0.3, -0.25) is 0 Å². The van der Waals surface area contributed by atoms with E-state index < -0.39 is 25.4 Å². The summed E-state index contributed by atoms with van der Waals surface area (Å²) in [5.41, 5.74) is 0. The minimum atomic E-state index is -1.46. The van der Waals surface area contributed by atoms with E-state index in [1.807, 2.05) is 20.8 Å². The van der Waals surface area contributed by atoms with Crippen LogP contribution in [0.3, 0.4) is 0 Å². The lowest BCUT2D eigenvalue weighted by molar-refractivity contribution is -0.240. The SMILES string of the molecule is [2H]C([3H])OC1O[C@@H](C(=O)O)[C@H](C)[C@@H](C)[C@H]1C. The van der Waals surface area contributed by atoms with E-state index in [1.165, 1.54) is 0 Å². The van der Waals surface area contributed by atoms with Crippen molar-refractivity contribution in [2.24, 2.45) is 17.8 Å². The van der Waals surface area contributed by atoms with Gasteiger partial charge >= 0.3 is 5.97 Å². The minimum absolute atomic E-state index is 0.0243. The molecular formula is C10H18O4. The molecule has 82 valence electrons. The monoisotopic (exact) mass is 205 g/mol. The molecule has 1 heterocycles. The number of carboxylic acids is 1. The molecule has 1 saturated heterocycles. The topological polar surface area (TPSA) is 55.8 Å². The van der Waals surface area contributed by atoms with Crippen LogP contribution in [0.1, 0.15) is 23.5 Å². The van der Waals surface area contributed by atoms with Gasteiger partial charge in [-0.15, -0.1) is 0 Å². The highest BCUT2D eigenvalue weighted by Crippen LogP contribution is 2.35. The lowest BCUT2D eigenvalue weighted by Crippen LogP contribution is -2.48. The zero-order valence-corrected chi connectivity index (χ0v) is 8.64. The van der Waals surface area contributed by atoms with Gasteiger partial charge in [0.05, 0.1) is 2.74 Å². The zero-order chi connectivity index (χ0) is 12.5. The number of ether oxygens (including phenoxy) is 2. The quantitative estimate of drug-likeness (QED) is 0.739. The maximum Gasteiger partial charge on any atom is 0.333 e. The van der Waals surface area contributed by atoms with Crippen LogP contribution in [-0.4, -0.2) is 30.5 Å².